The summed E-state index contributed by atoms with van der Waals surface area (Å²) >= 11 is 0.871. The number of carboxylic acids is 1. The highest BCUT2D eigenvalue weighted by molar-refractivity contribution is 7.91. The summed E-state index contributed by atoms with van der Waals surface area (Å²) in [5.74, 6) is -1.15. The number of ether oxygens (including phenoxy) is 1. The van der Waals surface area contributed by atoms with E-state index >= 15 is 0 Å². The Morgan fingerprint density at radius 2 is 2.17 bits per heavy atom. The summed E-state index contributed by atoms with van der Waals surface area (Å²) in [5, 5.41) is 10.0. The average Bonchev–Trinajstić information content (AvgIpc) is 2.77. The molecule has 0 radical (unpaired) electrons. The van der Waals surface area contributed by atoms with Gasteiger partial charge in [0.2, 0.25) is 10.0 Å². The number of methoxy groups -OCH3 is 1. The molecule has 8 heteroatoms. The minimum Gasteiger partial charge on any atom is -0.478 e. The van der Waals surface area contributed by atoms with E-state index in [1.54, 1.807) is 13.8 Å². The van der Waals surface area contributed by atoms with Gasteiger partial charge in [0.05, 0.1) is 11.2 Å². The van der Waals surface area contributed by atoms with Crippen LogP contribution in [0.4, 0.5) is 0 Å². The fourth-order valence-corrected chi connectivity index (χ4v) is 3.38. The number of carbonyl (C=O) groups is 1. The van der Waals surface area contributed by atoms with Crippen molar-refractivity contribution in [1.82, 2.24) is 4.72 Å². The van der Waals surface area contributed by atoms with E-state index in [1.807, 2.05) is 0 Å². The number of nitrogens with one attached hydrogen (secondary N) is 1. The van der Waals surface area contributed by atoms with Crippen molar-refractivity contribution in [2.45, 2.75) is 23.7 Å². The van der Waals surface area contributed by atoms with Crippen LogP contribution in [-0.4, -0.2) is 38.7 Å². The molecular formula is C10H15NO5S2. The molecule has 0 fully saturated rings. The quantitative estimate of drug-likeness (QED) is 0.820. The monoisotopic (exact) mass is 293 g/mol. The molecule has 18 heavy (non-hydrogen) atoms. The van der Waals surface area contributed by atoms with Gasteiger partial charge in [-0.3, -0.25) is 0 Å². The van der Waals surface area contributed by atoms with Gasteiger partial charge in [0.25, 0.3) is 0 Å². The smallest absolute Gasteiger partial charge is 0.336 e. The van der Waals surface area contributed by atoms with Gasteiger partial charge in [-0.05, 0) is 19.9 Å². The molecule has 0 aromatic carbocycles. The highest BCUT2D eigenvalue weighted by Crippen LogP contribution is 2.20. The lowest BCUT2D eigenvalue weighted by Crippen LogP contribution is -2.39. The van der Waals surface area contributed by atoms with Crippen molar-refractivity contribution in [3.63, 3.8) is 0 Å². The summed E-state index contributed by atoms with van der Waals surface area (Å²) in [4.78, 5) is 10.7. The van der Waals surface area contributed by atoms with Crippen LogP contribution in [0.3, 0.4) is 0 Å². The maximum absolute atomic E-state index is 11.9. The number of thiophene rings is 1. The molecule has 0 saturated carbocycles. The van der Waals surface area contributed by atoms with Crippen molar-refractivity contribution in [3.05, 3.63) is 17.0 Å². The average molecular weight is 293 g/mol. The highest BCUT2D eigenvalue weighted by Gasteiger charge is 2.23. The van der Waals surface area contributed by atoms with E-state index in [-0.39, 0.29) is 16.3 Å². The molecular weight excluding hydrogens is 278 g/mol. The Morgan fingerprint density at radius 1 is 1.56 bits per heavy atom. The first kappa shape index (κ1) is 15.1. The first-order valence-electron chi connectivity index (χ1n) is 5.04. The number of aromatic carboxylic acids is 1. The van der Waals surface area contributed by atoms with E-state index in [0.29, 0.717) is 0 Å². The predicted octanol–water partition coefficient (Wildman–Crippen LogP) is 1.15. The largest absolute Gasteiger partial charge is 0.478 e. The van der Waals surface area contributed by atoms with Gasteiger partial charge in [0.1, 0.15) is 4.21 Å². The Balaban J connectivity index is 2.83. The van der Waals surface area contributed by atoms with Gasteiger partial charge in [-0.25, -0.2) is 17.9 Å². The second-order valence-electron chi connectivity index (χ2n) is 4.25. The zero-order valence-electron chi connectivity index (χ0n) is 10.3. The van der Waals surface area contributed by atoms with E-state index in [2.05, 4.69) is 4.72 Å². The number of hydrogen-bond acceptors (Lipinski definition) is 5. The third kappa shape index (κ3) is 3.77. The molecule has 0 bridgehead atoms. The van der Waals surface area contributed by atoms with Crippen molar-refractivity contribution in [1.29, 1.82) is 0 Å². The van der Waals surface area contributed by atoms with Gasteiger partial charge in [-0.2, -0.15) is 0 Å². The highest BCUT2D eigenvalue weighted by atomic mass is 32.2. The lowest BCUT2D eigenvalue weighted by Gasteiger charge is -2.22. The SMILES string of the molecule is COC(C)(C)CNS(=O)(=O)c1cc(C(=O)O)cs1. The first-order valence-corrected chi connectivity index (χ1v) is 7.41. The summed E-state index contributed by atoms with van der Waals surface area (Å²) in [6, 6.07) is 1.13. The molecule has 0 aliphatic heterocycles. The Bertz CT molecular complexity index is 532. The van der Waals surface area contributed by atoms with Crippen LogP contribution < -0.4 is 4.72 Å². The van der Waals surface area contributed by atoms with Crippen LogP contribution >= 0.6 is 11.3 Å². The summed E-state index contributed by atoms with van der Waals surface area (Å²) in [7, 11) is -2.20. The van der Waals surface area contributed by atoms with Crippen LogP contribution in [0, 0.1) is 0 Å². The van der Waals surface area contributed by atoms with E-state index in [1.165, 1.54) is 12.5 Å². The van der Waals surface area contributed by atoms with Crippen molar-refractivity contribution in [3.8, 4) is 0 Å². The molecule has 0 amide bonds. The van der Waals surface area contributed by atoms with E-state index in [9.17, 15) is 13.2 Å². The number of hydrogen-bond donors (Lipinski definition) is 2. The van der Waals surface area contributed by atoms with Crippen LogP contribution in [0.25, 0.3) is 0 Å². The Morgan fingerprint density at radius 3 is 2.61 bits per heavy atom. The molecule has 0 aliphatic rings. The number of carboxylic acid groups (broad SMARTS) is 1. The molecule has 2 N–H and O–H groups in total. The minimum absolute atomic E-state index is 0.0215. The normalized spacial score (nSPS) is 12.6. The van der Waals surface area contributed by atoms with Gasteiger partial charge < -0.3 is 9.84 Å². The van der Waals surface area contributed by atoms with Gasteiger partial charge in [0.15, 0.2) is 0 Å². The third-order valence-corrected chi connectivity index (χ3v) is 5.17. The van der Waals surface area contributed by atoms with Gasteiger partial charge in [-0.1, -0.05) is 0 Å². The minimum atomic E-state index is -3.69. The van der Waals surface area contributed by atoms with Crippen LogP contribution in [-0.2, 0) is 14.8 Å². The fourth-order valence-electron chi connectivity index (χ4n) is 0.982. The Hall–Kier alpha value is -0.960. The van der Waals surface area contributed by atoms with Crippen LogP contribution in [0.5, 0.6) is 0 Å². The molecule has 1 rings (SSSR count). The maximum Gasteiger partial charge on any atom is 0.336 e. The molecule has 0 unspecified atom stereocenters. The molecule has 6 nitrogen and oxygen atoms in total. The standard InChI is InChI=1S/C10H15NO5S2/c1-10(2,16-3)6-11-18(14,15)8-4-7(5-17-8)9(12)13/h4-5,11H,6H2,1-3H3,(H,12,13). The zero-order valence-corrected chi connectivity index (χ0v) is 11.9. The summed E-state index contributed by atoms with van der Waals surface area (Å²) in [5.41, 5.74) is -0.661. The number of sulfonamides is 1. The lowest BCUT2D eigenvalue weighted by atomic mass is 10.1. The molecule has 0 spiro atoms. The maximum atomic E-state index is 11.9. The summed E-state index contributed by atoms with van der Waals surface area (Å²) < 4.78 is 31.2. The third-order valence-electron chi connectivity index (χ3n) is 2.33. The molecule has 0 saturated heterocycles. The molecule has 1 aromatic rings. The molecule has 0 atom stereocenters. The van der Waals surface area contributed by atoms with E-state index < -0.39 is 21.6 Å². The fraction of sp³-hybridized carbons (Fsp3) is 0.500. The zero-order chi connectivity index (χ0) is 14.0. The first-order chi connectivity index (χ1) is 8.18. The molecule has 102 valence electrons. The van der Waals surface area contributed by atoms with Crippen LogP contribution in [0.2, 0.25) is 0 Å². The van der Waals surface area contributed by atoms with E-state index in [0.717, 1.165) is 17.4 Å². The Kier molecular flexibility index (Phi) is 4.49. The van der Waals surface area contributed by atoms with Crippen molar-refractivity contribution >= 4 is 27.3 Å². The number of rotatable bonds is 6. The second-order valence-corrected chi connectivity index (χ2v) is 7.15. The van der Waals surface area contributed by atoms with Gasteiger partial charge >= 0.3 is 5.97 Å². The summed E-state index contributed by atoms with van der Waals surface area (Å²) in [6.45, 7) is 3.59. The van der Waals surface area contributed by atoms with Gasteiger partial charge in [0, 0.05) is 19.0 Å². The predicted molar refractivity (Wildman–Crippen MR) is 67.6 cm³/mol. The molecule has 0 aliphatic carbocycles. The molecule has 1 aromatic heterocycles. The van der Waals surface area contributed by atoms with Crippen LogP contribution in [0.1, 0.15) is 24.2 Å². The Labute approximate surface area is 110 Å². The van der Waals surface area contributed by atoms with Crippen LogP contribution in [0.15, 0.2) is 15.7 Å². The molecule has 1 heterocycles. The van der Waals surface area contributed by atoms with Crippen molar-refractivity contribution in [2.24, 2.45) is 0 Å². The topological polar surface area (TPSA) is 92.7 Å². The van der Waals surface area contributed by atoms with Crippen molar-refractivity contribution in [2.75, 3.05) is 13.7 Å². The van der Waals surface area contributed by atoms with E-state index in [4.69, 9.17) is 9.84 Å². The van der Waals surface area contributed by atoms with Crippen molar-refractivity contribution < 1.29 is 23.1 Å². The second kappa shape index (κ2) is 5.35. The lowest BCUT2D eigenvalue weighted by molar-refractivity contribution is 0.0276. The van der Waals surface area contributed by atoms with Gasteiger partial charge in [-0.15, -0.1) is 11.3 Å². The summed E-state index contributed by atoms with van der Waals surface area (Å²) in [6.07, 6.45) is 0.